The van der Waals surface area contributed by atoms with Crippen LogP contribution >= 0.6 is 15.9 Å². The first-order chi connectivity index (χ1) is 9.88. The van der Waals surface area contributed by atoms with Gasteiger partial charge in [0.05, 0.1) is 11.6 Å². The van der Waals surface area contributed by atoms with Gasteiger partial charge in [0, 0.05) is 12.6 Å². The number of ether oxygens (including phenoxy) is 1. The highest BCUT2D eigenvalue weighted by Crippen LogP contribution is 2.27. The maximum absolute atomic E-state index is 11.8. The van der Waals surface area contributed by atoms with Crippen LogP contribution in [0.15, 0.2) is 22.7 Å². The van der Waals surface area contributed by atoms with Gasteiger partial charge in [-0.3, -0.25) is 10.1 Å². The number of carbonyl (C=O) groups is 2. The van der Waals surface area contributed by atoms with Crippen LogP contribution in [0.25, 0.3) is 0 Å². The second-order valence-electron chi connectivity index (χ2n) is 4.73. The third-order valence-corrected chi connectivity index (χ3v) is 3.78. The number of methoxy groups -OCH3 is 1. The van der Waals surface area contributed by atoms with Gasteiger partial charge in [0.2, 0.25) is 0 Å². The van der Waals surface area contributed by atoms with E-state index in [0.717, 1.165) is 15.8 Å². The van der Waals surface area contributed by atoms with Crippen LogP contribution in [-0.2, 0) is 4.79 Å². The lowest BCUT2D eigenvalue weighted by Crippen LogP contribution is -2.92. The number of nitrogens with two attached hydrogens (primary N) is 1. The molecule has 0 aliphatic carbocycles. The molecule has 3 amide bonds. The molecule has 0 bridgehead atoms. The largest absolute Gasteiger partial charge is 0.496 e. The Bertz CT molecular complexity index is 522. The van der Waals surface area contributed by atoms with Gasteiger partial charge in [-0.25, -0.2) is 4.79 Å². The molecule has 2 atom stereocenters. The van der Waals surface area contributed by atoms with Crippen molar-refractivity contribution in [2.75, 3.05) is 14.2 Å². The molecule has 0 aliphatic rings. The first kappa shape index (κ1) is 17.5. The fourth-order valence-electron chi connectivity index (χ4n) is 1.89. The standard InChI is InChI=1S/C14H20BrN3O3/c1-8(10-5-6-12(21-4)11(15)7-10)17-9(2)13(19)18-14(20)16-3/h5-9,17H,1-4H3,(H2,16,18,19,20)/p+1/t8-,9-/m1/s1. The molecule has 0 saturated carbocycles. The van der Waals surface area contributed by atoms with Crippen LogP contribution in [0.4, 0.5) is 4.79 Å². The van der Waals surface area contributed by atoms with Gasteiger partial charge in [-0.2, -0.15) is 0 Å². The Morgan fingerprint density at radius 3 is 2.52 bits per heavy atom. The minimum absolute atomic E-state index is 0.0673. The first-order valence-electron chi connectivity index (χ1n) is 6.60. The lowest BCUT2D eigenvalue weighted by atomic mass is 10.1. The van der Waals surface area contributed by atoms with Gasteiger partial charge in [-0.05, 0) is 48.0 Å². The average Bonchev–Trinajstić information content (AvgIpc) is 2.46. The fraction of sp³-hybridized carbons (Fsp3) is 0.429. The van der Waals surface area contributed by atoms with Crippen LogP contribution in [0.2, 0.25) is 0 Å². The molecule has 0 aliphatic heterocycles. The van der Waals surface area contributed by atoms with E-state index in [2.05, 4.69) is 26.6 Å². The van der Waals surface area contributed by atoms with E-state index in [4.69, 9.17) is 4.74 Å². The van der Waals surface area contributed by atoms with E-state index in [0.29, 0.717) is 0 Å². The summed E-state index contributed by atoms with van der Waals surface area (Å²) >= 11 is 3.44. The maximum atomic E-state index is 11.8. The average molecular weight is 359 g/mol. The number of nitrogens with one attached hydrogen (secondary N) is 2. The number of amides is 3. The Balaban J connectivity index is 2.67. The third kappa shape index (κ3) is 5.02. The van der Waals surface area contributed by atoms with Crippen LogP contribution in [0.3, 0.4) is 0 Å². The molecule has 116 valence electrons. The Kier molecular flexibility index (Phi) is 6.64. The quantitative estimate of drug-likeness (QED) is 0.731. The van der Waals surface area contributed by atoms with Crippen molar-refractivity contribution in [3.63, 3.8) is 0 Å². The fourth-order valence-corrected chi connectivity index (χ4v) is 2.44. The highest BCUT2D eigenvalue weighted by Gasteiger charge is 2.22. The number of carbonyl (C=O) groups excluding carboxylic acids is 2. The predicted octanol–water partition coefficient (Wildman–Crippen LogP) is 0.926. The smallest absolute Gasteiger partial charge is 0.321 e. The summed E-state index contributed by atoms with van der Waals surface area (Å²) in [5, 5.41) is 6.51. The summed E-state index contributed by atoms with van der Waals surface area (Å²) in [6.45, 7) is 3.76. The van der Waals surface area contributed by atoms with E-state index < -0.39 is 6.03 Å². The molecule has 21 heavy (non-hydrogen) atoms. The first-order valence-corrected chi connectivity index (χ1v) is 7.39. The molecule has 1 aromatic carbocycles. The Morgan fingerprint density at radius 2 is 2.00 bits per heavy atom. The zero-order valence-corrected chi connectivity index (χ0v) is 14.2. The van der Waals surface area contributed by atoms with Gasteiger partial charge in [0.15, 0.2) is 6.04 Å². The summed E-state index contributed by atoms with van der Waals surface area (Å²) in [5.41, 5.74) is 1.06. The number of quaternary nitrogens is 1. The zero-order chi connectivity index (χ0) is 16.0. The highest BCUT2D eigenvalue weighted by atomic mass is 79.9. The Labute approximate surface area is 132 Å². The van der Waals surface area contributed by atoms with Gasteiger partial charge in [-0.15, -0.1) is 0 Å². The third-order valence-electron chi connectivity index (χ3n) is 3.16. The van der Waals surface area contributed by atoms with E-state index in [9.17, 15) is 9.59 Å². The summed E-state index contributed by atoms with van der Waals surface area (Å²) in [4.78, 5) is 22.9. The molecule has 0 fully saturated rings. The molecule has 1 aromatic rings. The number of hydrogen-bond donors (Lipinski definition) is 3. The molecule has 0 spiro atoms. The summed E-state index contributed by atoms with van der Waals surface area (Å²) in [5.74, 6) is 0.435. The van der Waals surface area contributed by atoms with Crippen LogP contribution in [-0.4, -0.2) is 32.1 Å². The number of rotatable bonds is 5. The van der Waals surface area contributed by atoms with Crippen molar-refractivity contribution >= 4 is 27.9 Å². The Hall–Kier alpha value is -1.60. The van der Waals surface area contributed by atoms with Crippen LogP contribution < -0.4 is 20.7 Å². The molecular weight excluding hydrogens is 338 g/mol. The summed E-state index contributed by atoms with van der Waals surface area (Å²) in [6.07, 6.45) is 0. The highest BCUT2D eigenvalue weighted by molar-refractivity contribution is 9.10. The van der Waals surface area contributed by atoms with Crippen LogP contribution in [0, 0.1) is 0 Å². The number of hydrogen-bond acceptors (Lipinski definition) is 3. The van der Waals surface area contributed by atoms with Crippen molar-refractivity contribution in [2.45, 2.75) is 25.9 Å². The molecule has 0 radical (unpaired) electrons. The second-order valence-corrected chi connectivity index (χ2v) is 5.59. The summed E-state index contributed by atoms with van der Waals surface area (Å²) in [7, 11) is 3.08. The molecule has 0 heterocycles. The van der Waals surface area contributed by atoms with Crippen molar-refractivity contribution in [1.82, 2.24) is 10.6 Å². The van der Waals surface area contributed by atoms with Crippen molar-refractivity contribution in [3.8, 4) is 5.75 Å². The molecular formula is C14H21BrN3O3+. The minimum atomic E-state index is -0.500. The molecule has 7 heteroatoms. The molecule has 0 saturated heterocycles. The lowest BCUT2D eigenvalue weighted by molar-refractivity contribution is -0.710. The van der Waals surface area contributed by atoms with Gasteiger partial charge < -0.3 is 15.4 Å². The number of halogens is 1. The van der Waals surface area contributed by atoms with Gasteiger partial charge in [0.1, 0.15) is 11.8 Å². The lowest BCUT2D eigenvalue weighted by Gasteiger charge is -2.17. The Morgan fingerprint density at radius 1 is 1.33 bits per heavy atom. The molecule has 6 nitrogen and oxygen atoms in total. The summed E-state index contributed by atoms with van der Waals surface area (Å²) < 4.78 is 6.06. The monoisotopic (exact) mass is 358 g/mol. The topological polar surface area (TPSA) is 84.0 Å². The maximum Gasteiger partial charge on any atom is 0.321 e. The summed E-state index contributed by atoms with van der Waals surface area (Å²) in [6, 6.07) is 4.98. The van der Waals surface area contributed by atoms with Crippen molar-refractivity contribution in [2.24, 2.45) is 0 Å². The van der Waals surface area contributed by atoms with Gasteiger partial charge >= 0.3 is 6.03 Å². The van der Waals surface area contributed by atoms with E-state index in [-0.39, 0.29) is 18.0 Å². The number of benzene rings is 1. The molecule has 1 rings (SSSR count). The van der Waals surface area contributed by atoms with Gasteiger partial charge in [-0.1, -0.05) is 0 Å². The van der Waals surface area contributed by atoms with E-state index in [1.54, 1.807) is 14.0 Å². The predicted molar refractivity (Wildman–Crippen MR) is 83.1 cm³/mol. The minimum Gasteiger partial charge on any atom is -0.496 e. The molecule has 0 unspecified atom stereocenters. The van der Waals surface area contributed by atoms with E-state index in [1.807, 2.05) is 30.4 Å². The van der Waals surface area contributed by atoms with Crippen LogP contribution in [0.1, 0.15) is 25.5 Å². The SMILES string of the molecule is CNC(=O)NC(=O)[C@@H](C)[NH2+][C@H](C)c1ccc(OC)c(Br)c1. The molecule has 0 aromatic heterocycles. The van der Waals surface area contributed by atoms with E-state index in [1.165, 1.54) is 7.05 Å². The van der Waals surface area contributed by atoms with Gasteiger partial charge in [0.25, 0.3) is 5.91 Å². The number of imide groups is 1. The number of urea groups is 1. The van der Waals surface area contributed by atoms with Crippen LogP contribution in [0.5, 0.6) is 5.75 Å². The van der Waals surface area contributed by atoms with Crippen molar-refractivity contribution < 1.29 is 19.6 Å². The van der Waals surface area contributed by atoms with Crippen molar-refractivity contribution in [1.29, 1.82) is 0 Å². The van der Waals surface area contributed by atoms with E-state index >= 15 is 0 Å². The normalized spacial score (nSPS) is 13.2. The van der Waals surface area contributed by atoms with Crippen molar-refractivity contribution in [3.05, 3.63) is 28.2 Å². The molecule has 4 N–H and O–H groups in total. The zero-order valence-electron chi connectivity index (χ0n) is 12.6. The second kappa shape index (κ2) is 7.99.